The molecule has 0 fully saturated rings. The van der Waals surface area contributed by atoms with Gasteiger partial charge >= 0.3 is 0 Å². The minimum Gasteiger partial charge on any atom is -0.127 e. The molecule has 0 heterocycles. The molecule has 0 atom stereocenters. The molecule has 0 aliphatic carbocycles. The van der Waals surface area contributed by atoms with E-state index in [4.69, 9.17) is 11.6 Å². The van der Waals surface area contributed by atoms with Crippen LogP contribution in [0.1, 0.15) is 12.0 Å². The van der Waals surface area contributed by atoms with Gasteiger partial charge in [0.05, 0.1) is 0 Å². The van der Waals surface area contributed by atoms with Gasteiger partial charge in [-0.15, -0.1) is 11.6 Å². The van der Waals surface area contributed by atoms with Crippen molar-refractivity contribution < 1.29 is 0 Å². The molecular formula is C9H10Cl. The minimum absolute atomic E-state index is 0.745. The Hall–Kier alpha value is -0.490. The van der Waals surface area contributed by atoms with E-state index in [1.165, 1.54) is 5.56 Å². The average Bonchev–Trinajstić information content (AvgIpc) is 2.03. The molecule has 0 N–H and O–H groups in total. The van der Waals surface area contributed by atoms with Crippen LogP contribution in [0.2, 0.25) is 0 Å². The number of hydrogen-bond acceptors (Lipinski definition) is 0. The minimum atomic E-state index is 0.745. The summed E-state index contributed by atoms with van der Waals surface area (Å²) in [6.45, 7) is 0. The zero-order valence-electron chi connectivity index (χ0n) is 5.81. The summed E-state index contributed by atoms with van der Waals surface area (Å²) in [6, 6.07) is 11.0. The summed E-state index contributed by atoms with van der Waals surface area (Å²) in [5.41, 5.74) is 1.32. The molecule has 0 aromatic heterocycles. The van der Waals surface area contributed by atoms with E-state index in [0.717, 1.165) is 18.7 Å². The summed E-state index contributed by atoms with van der Waals surface area (Å²) >= 11 is 5.54. The maximum Gasteiger partial charge on any atom is 0.0226 e. The molecule has 10 heavy (non-hydrogen) atoms. The van der Waals surface area contributed by atoms with Gasteiger partial charge in [0.1, 0.15) is 0 Å². The van der Waals surface area contributed by atoms with Gasteiger partial charge in [-0.3, -0.25) is 0 Å². The molecule has 0 unspecified atom stereocenters. The van der Waals surface area contributed by atoms with Gasteiger partial charge in [-0.2, -0.15) is 0 Å². The van der Waals surface area contributed by atoms with Gasteiger partial charge in [-0.1, -0.05) is 24.3 Å². The number of hydrogen-bond donors (Lipinski definition) is 0. The highest BCUT2D eigenvalue weighted by atomic mass is 35.5. The van der Waals surface area contributed by atoms with E-state index < -0.39 is 0 Å². The Morgan fingerprint density at radius 2 is 2.40 bits per heavy atom. The third-order valence-electron chi connectivity index (χ3n) is 1.37. The smallest absolute Gasteiger partial charge is 0.0226 e. The van der Waals surface area contributed by atoms with Crippen molar-refractivity contribution in [3.05, 3.63) is 35.9 Å². The first-order chi connectivity index (χ1) is 4.93. The number of aryl methyl sites for hydroxylation is 1. The molecule has 53 valence electrons. The second kappa shape index (κ2) is 4.35. The van der Waals surface area contributed by atoms with E-state index in [0.29, 0.717) is 0 Å². The molecule has 1 radical (unpaired) electrons. The monoisotopic (exact) mass is 153 g/mol. The van der Waals surface area contributed by atoms with E-state index >= 15 is 0 Å². The van der Waals surface area contributed by atoms with Crippen molar-refractivity contribution >= 4 is 11.6 Å². The summed E-state index contributed by atoms with van der Waals surface area (Å²) in [7, 11) is 0. The fraction of sp³-hybridized carbons (Fsp3) is 0.333. The first kappa shape index (κ1) is 7.62. The lowest BCUT2D eigenvalue weighted by Crippen LogP contribution is -1.84. The Bertz CT molecular complexity index is 169. The maximum atomic E-state index is 5.54. The molecule has 1 aromatic rings. The van der Waals surface area contributed by atoms with Gasteiger partial charge < -0.3 is 0 Å². The standard InChI is InChI=1S/C9H10Cl/c10-8-4-7-9-5-2-1-3-6-9/h1-2,5-6H,4,7-8H2. The molecular weight excluding hydrogens is 144 g/mol. The molecule has 0 saturated heterocycles. The molecule has 1 rings (SSSR count). The molecule has 0 nitrogen and oxygen atoms in total. The van der Waals surface area contributed by atoms with Crippen LogP contribution in [0, 0.1) is 6.07 Å². The highest BCUT2D eigenvalue weighted by Gasteiger charge is 1.88. The lowest BCUT2D eigenvalue weighted by molar-refractivity contribution is 0.928. The average molecular weight is 154 g/mol. The maximum absolute atomic E-state index is 5.54. The van der Waals surface area contributed by atoms with Gasteiger partial charge in [0.25, 0.3) is 0 Å². The van der Waals surface area contributed by atoms with E-state index in [9.17, 15) is 0 Å². The van der Waals surface area contributed by atoms with E-state index in [1.807, 2.05) is 18.2 Å². The highest BCUT2D eigenvalue weighted by Crippen LogP contribution is 2.01. The Balaban J connectivity index is 2.43. The molecule has 1 heteroatoms. The Morgan fingerprint density at radius 1 is 1.50 bits per heavy atom. The Kier molecular flexibility index (Phi) is 3.31. The predicted octanol–water partition coefficient (Wildman–Crippen LogP) is 2.66. The number of rotatable bonds is 3. The lowest BCUT2D eigenvalue weighted by atomic mass is 10.1. The van der Waals surface area contributed by atoms with Crippen LogP contribution in [-0.2, 0) is 6.42 Å². The lowest BCUT2D eigenvalue weighted by Gasteiger charge is -1.95. The van der Waals surface area contributed by atoms with Crippen LogP contribution in [0.15, 0.2) is 24.3 Å². The van der Waals surface area contributed by atoms with Crippen molar-refractivity contribution in [2.75, 3.05) is 5.88 Å². The third kappa shape index (κ3) is 2.40. The van der Waals surface area contributed by atoms with E-state index in [2.05, 4.69) is 12.1 Å². The zero-order chi connectivity index (χ0) is 7.23. The molecule has 0 saturated carbocycles. The fourth-order valence-corrected chi connectivity index (χ4v) is 0.991. The van der Waals surface area contributed by atoms with Crippen molar-refractivity contribution in [3.63, 3.8) is 0 Å². The van der Waals surface area contributed by atoms with Crippen LogP contribution < -0.4 is 0 Å². The van der Waals surface area contributed by atoms with Gasteiger partial charge in [-0.05, 0) is 24.5 Å². The van der Waals surface area contributed by atoms with Crippen LogP contribution in [0.5, 0.6) is 0 Å². The molecule has 0 aliphatic rings. The predicted molar refractivity (Wildman–Crippen MR) is 44.3 cm³/mol. The zero-order valence-corrected chi connectivity index (χ0v) is 6.56. The van der Waals surface area contributed by atoms with Crippen molar-refractivity contribution in [3.8, 4) is 0 Å². The number of benzene rings is 1. The second-order valence-corrected chi connectivity index (χ2v) is 2.58. The van der Waals surface area contributed by atoms with E-state index in [1.54, 1.807) is 0 Å². The summed E-state index contributed by atoms with van der Waals surface area (Å²) in [6.07, 6.45) is 2.13. The van der Waals surface area contributed by atoms with Gasteiger partial charge in [0.15, 0.2) is 0 Å². The molecule has 0 amide bonds. The molecule has 0 aliphatic heterocycles. The summed E-state index contributed by atoms with van der Waals surface area (Å²) in [5, 5.41) is 0. The van der Waals surface area contributed by atoms with Crippen molar-refractivity contribution in [2.24, 2.45) is 0 Å². The normalized spacial score (nSPS) is 9.70. The first-order valence-corrected chi connectivity index (χ1v) is 3.98. The highest BCUT2D eigenvalue weighted by molar-refractivity contribution is 6.17. The first-order valence-electron chi connectivity index (χ1n) is 3.44. The quantitative estimate of drug-likeness (QED) is 0.586. The largest absolute Gasteiger partial charge is 0.127 e. The van der Waals surface area contributed by atoms with Crippen LogP contribution in [0.4, 0.5) is 0 Å². The molecule has 0 spiro atoms. The van der Waals surface area contributed by atoms with Gasteiger partial charge in [-0.25, -0.2) is 0 Å². The topological polar surface area (TPSA) is 0 Å². The SMILES string of the molecule is ClCCCc1c[c]ccc1. The van der Waals surface area contributed by atoms with Crippen LogP contribution >= 0.6 is 11.6 Å². The van der Waals surface area contributed by atoms with Crippen molar-refractivity contribution in [1.29, 1.82) is 0 Å². The summed E-state index contributed by atoms with van der Waals surface area (Å²) in [4.78, 5) is 0. The van der Waals surface area contributed by atoms with Gasteiger partial charge in [0, 0.05) is 5.88 Å². The Morgan fingerprint density at radius 3 is 3.00 bits per heavy atom. The second-order valence-electron chi connectivity index (χ2n) is 2.20. The van der Waals surface area contributed by atoms with E-state index in [-0.39, 0.29) is 0 Å². The van der Waals surface area contributed by atoms with Crippen molar-refractivity contribution in [1.82, 2.24) is 0 Å². The molecule has 1 aromatic carbocycles. The van der Waals surface area contributed by atoms with Gasteiger partial charge in [0.2, 0.25) is 0 Å². The number of alkyl halides is 1. The van der Waals surface area contributed by atoms with Crippen molar-refractivity contribution in [2.45, 2.75) is 12.8 Å². The van der Waals surface area contributed by atoms with Crippen LogP contribution in [0.25, 0.3) is 0 Å². The summed E-state index contributed by atoms with van der Waals surface area (Å²) < 4.78 is 0. The fourth-order valence-electron chi connectivity index (χ4n) is 0.857. The third-order valence-corrected chi connectivity index (χ3v) is 1.64. The molecule has 0 bridgehead atoms. The summed E-state index contributed by atoms with van der Waals surface area (Å²) in [5.74, 6) is 0.745. The Labute approximate surface area is 66.8 Å². The van der Waals surface area contributed by atoms with Crippen LogP contribution in [-0.4, -0.2) is 5.88 Å². The number of halogens is 1. The van der Waals surface area contributed by atoms with Crippen LogP contribution in [0.3, 0.4) is 0 Å².